The van der Waals surface area contributed by atoms with Crippen LogP contribution in [-0.4, -0.2) is 48.3 Å². The molecule has 0 aromatic rings. The third-order valence-electron chi connectivity index (χ3n) is 3.01. The molecule has 0 aromatic carbocycles. The number of piperidine rings is 1. The summed E-state index contributed by atoms with van der Waals surface area (Å²) >= 11 is 0. The van der Waals surface area contributed by atoms with E-state index in [0.717, 1.165) is 13.1 Å². The van der Waals surface area contributed by atoms with Crippen LogP contribution in [0.1, 0.15) is 19.3 Å². The predicted molar refractivity (Wildman–Crippen MR) is 62.6 cm³/mol. The van der Waals surface area contributed by atoms with E-state index < -0.39 is 0 Å². The maximum Gasteiger partial charge on any atom is 0.0831 e. The predicted octanol–water partition coefficient (Wildman–Crippen LogP) is 0.649. The Bertz CT molecular complexity index is 154. The highest BCUT2D eigenvalue weighted by molar-refractivity contribution is 5.85. The van der Waals surface area contributed by atoms with Gasteiger partial charge in [0.1, 0.15) is 0 Å². The van der Waals surface area contributed by atoms with Gasteiger partial charge in [-0.2, -0.15) is 0 Å². The molecule has 2 N–H and O–H groups in total. The maximum absolute atomic E-state index is 9.64. The molecule has 2 aliphatic heterocycles. The third-order valence-corrected chi connectivity index (χ3v) is 3.01. The van der Waals surface area contributed by atoms with Crippen molar-refractivity contribution in [2.45, 2.75) is 31.4 Å². The van der Waals surface area contributed by atoms with E-state index in [0.29, 0.717) is 6.04 Å². The highest BCUT2D eigenvalue weighted by Gasteiger charge is 2.30. The molecule has 14 heavy (non-hydrogen) atoms. The van der Waals surface area contributed by atoms with E-state index in [1.54, 1.807) is 0 Å². The van der Waals surface area contributed by atoms with E-state index in [2.05, 4.69) is 10.2 Å². The van der Waals surface area contributed by atoms with Crippen LogP contribution in [0.5, 0.6) is 0 Å². The van der Waals surface area contributed by atoms with Crippen LogP contribution >= 0.6 is 24.8 Å². The zero-order valence-corrected chi connectivity index (χ0v) is 9.95. The molecule has 2 fully saturated rings. The summed E-state index contributed by atoms with van der Waals surface area (Å²) in [4.78, 5) is 2.44. The van der Waals surface area contributed by atoms with Crippen molar-refractivity contribution in [2.75, 3.05) is 26.2 Å². The van der Waals surface area contributed by atoms with Crippen LogP contribution in [0, 0.1) is 0 Å². The number of aliphatic hydroxyl groups excluding tert-OH is 1. The second-order valence-corrected chi connectivity index (χ2v) is 3.89. The zero-order chi connectivity index (χ0) is 8.39. The lowest BCUT2D eigenvalue weighted by Crippen LogP contribution is -2.45. The molecule has 0 radical (unpaired) electrons. The van der Waals surface area contributed by atoms with Crippen molar-refractivity contribution in [3.63, 3.8) is 0 Å². The summed E-state index contributed by atoms with van der Waals surface area (Å²) in [5.41, 5.74) is 0. The van der Waals surface area contributed by atoms with Crippen molar-refractivity contribution in [3.05, 3.63) is 0 Å². The molecule has 0 amide bonds. The van der Waals surface area contributed by atoms with Gasteiger partial charge in [-0.05, 0) is 25.9 Å². The lowest BCUT2D eigenvalue weighted by molar-refractivity contribution is 0.0706. The van der Waals surface area contributed by atoms with Gasteiger partial charge in [0.05, 0.1) is 6.10 Å². The molecule has 2 atom stereocenters. The molecule has 3 nitrogen and oxygen atoms in total. The Morgan fingerprint density at radius 2 is 1.64 bits per heavy atom. The van der Waals surface area contributed by atoms with E-state index in [1.807, 2.05) is 0 Å². The molecular formula is C9H20Cl2N2O. The fourth-order valence-electron chi connectivity index (χ4n) is 2.27. The van der Waals surface area contributed by atoms with Crippen LogP contribution in [0.25, 0.3) is 0 Å². The number of likely N-dealkylation sites (tertiary alicyclic amines) is 1. The summed E-state index contributed by atoms with van der Waals surface area (Å²) in [7, 11) is 0. The Labute approximate surface area is 98.1 Å². The summed E-state index contributed by atoms with van der Waals surface area (Å²) < 4.78 is 0. The van der Waals surface area contributed by atoms with Gasteiger partial charge in [0.25, 0.3) is 0 Å². The number of halogens is 2. The Hall–Kier alpha value is 0.460. The maximum atomic E-state index is 9.64. The van der Waals surface area contributed by atoms with Gasteiger partial charge in [0.15, 0.2) is 0 Å². The van der Waals surface area contributed by atoms with Crippen LogP contribution in [0.3, 0.4) is 0 Å². The number of nitrogens with one attached hydrogen (secondary N) is 1. The van der Waals surface area contributed by atoms with Gasteiger partial charge < -0.3 is 10.4 Å². The zero-order valence-electron chi connectivity index (χ0n) is 8.32. The number of hydrogen-bond donors (Lipinski definition) is 2. The SMILES string of the molecule is Cl.Cl.O[C@H]1CNC[C@@H]1N1CCCCC1. The monoisotopic (exact) mass is 242 g/mol. The van der Waals surface area contributed by atoms with E-state index in [1.165, 1.54) is 32.4 Å². The lowest BCUT2D eigenvalue weighted by Gasteiger charge is -2.33. The molecule has 0 spiro atoms. The third kappa shape index (κ3) is 3.24. The smallest absolute Gasteiger partial charge is 0.0831 e. The number of nitrogens with zero attached hydrogens (tertiary/aromatic N) is 1. The highest BCUT2D eigenvalue weighted by Crippen LogP contribution is 2.16. The Balaban J connectivity index is 0.000000845. The average Bonchev–Trinajstić information content (AvgIpc) is 2.53. The van der Waals surface area contributed by atoms with Gasteiger partial charge in [0.2, 0.25) is 0 Å². The van der Waals surface area contributed by atoms with Gasteiger partial charge in [-0.3, -0.25) is 4.90 Å². The Kier molecular flexibility index (Phi) is 7.08. The van der Waals surface area contributed by atoms with E-state index in [4.69, 9.17) is 0 Å². The van der Waals surface area contributed by atoms with Gasteiger partial charge >= 0.3 is 0 Å². The van der Waals surface area contributed by atoms with E-state index in [-0.39, 0.29) is 30.9 Å². The van der Waals surface area contributed by atoms with Gasteiger partial charge in [0, 0.05) is 19.1 Å². The van der Waals surface area contributed by atoms with Crippen LogP contribution in [-0.2, 0) is 0 Å². The summed E-state index contributed by atoms with van der Waals surface area (Å²) in [6.07, 6.45) is 3.85. The molecule has 2 saturated heterocycles. The summed E-state index contributed by atoms with van der Waals surface area (Å²) in [5, 5.41) is 12.9. The van der Waals surface area contributed by atoms with Crippen LogP contribution in [0.15, 0.2) is 0 Å². The molecule has 2 aliphatic rings. The van der Waals surface area contributed by atoms with E-state index >= 15 is 0 Å². The van der Waals surface area contributed by atoms with Crippen molar-refractivity contribution in [1.82, 2.24) is 10.2 Å². The molecule has 0 aliphatic carbocycles. The second-order valence-electron chi connectivity index (χ2n) is 3.89. The quantitative estimate of drug-likeness (QED) is 0.709. The largest absolute Gasteiger partial charge is 0.390 e. The van der Waals surface area contributed by atoms with Crippen LogP contribution in [0.2, 0.25) is 0 Å². The minimum atomic E-state index is -0.136. The lowest BCUT2D eigenvalue weighted by atomic mass is 10.1. The van der Waals surface area contributed by atoms with Crippen LogP contribution < -0.4 is 5.32 Å². The molecule has 2 heterocycles. The molecule has 0 bridgehead atoms. The van der Waals surface area contributed by atoms with Gasteiger partial charge in [-0.15, -0.1) is 24.8 Å². The standard InChI is InChI=1S/C9H18N2O.2ClH/c12-9-7-10-6-8(9)11-4-2-1-3-5-11;;/h8-10,12H,1-7H2;2*1H/t8-,9-;;/m0../s1. The van der Waals surface area contributed by atoms with Crippen molar-refractivity contribution < 1.29 is 5.11 Å². The normalized spacial score (nSPS) is 33.2. The van der Waals surface area contributed by atoms with Gasteiger partial charge in [-0.1, -0.05) is 6.42 Å². The number of rotatable bonds is 1. The molecule has 86 valence electrons. The molecule has 5 heteroatoms. The highest BCUT2D eigenvalue weighted by atomic mass is 35.5. The fourth-order valence-corrected chi connectivity index (χ4v) is 2.27. The Morgan fingerprint density at radius 3 is 2.14 bits per heavy atom. The number of hydrogen-bond acceptors (Lipinski definition) is 3. The van der Waals surface area contributed by atoms with Crippen molar-refractivity contribution in [2.24, 2.45) is 0 Å². The molecular weight excluding hydrogens is 223 g/mol. The topological polar surface area (TPSA) is 35.5 Å². The number of β-amino-alcohol motifs (C(OH)–C–C–N with tert-alkyl or cyclic N) is 1. The second kappa shape index (κ2) is 6.85. The van der Waals surface area contributed by atoms with Crippen LogP contribution in [0.4, 0.5) is 0 Å². The first-order chi connectivity index (χ1) is 5.88. The molecule has 0 unspecified atom stereocenters. The fraction of sp³-hybridized carbons (Fsp3) is 1.00. The molecule has 0 aromatic heterocycles. The summed E-state index contributed by atoms with van der Waals surface area (Å²) in [5.74, 6) is 0. The number of aliphatic hydroxyl groups is 1. The molecule has 0 saturated carbocycles. The first-order valence-electron chi connectivity index (χ1n) is 5.01. The Morgan fingerprint density at radius 1 is 1.00 bits per heavy atom. The van der Waals surface area contributed by atoms with Crippen molar-refractivity contribution >= 4 is 24.8 Å². The van der Waals surface area contributed by atoms with Gasteiger partial charge in [-0.25, -0.2) is 0 Å². The summed E-state index contributed by atoms with van der Waals surface area (Å²) in [6.45, 7) is 4.12. The average molecular weight is 243 g/mol. The summed E-state index contributed by atoms with van der Waals surface area (Å²) in [6, 6.07) is 0.394. The first kappa shape index (κ1) is 14.5. The first-order valence-corrected chi connectivity index (χ1v) is 5.01. The minimum absolute atomic E-state index is 0. The van der Waals surface area contributed by atoms with Crippen molar-refractivity contribution in [1.29, 1.82) is 0 Å². The molecule has 2 rings (SSSR count). The van der Waals surface area contributed by atoms with Crippen molar-refractivity contribution in [3.8, 4) is 0 Å². The minimum Gasteiger partial charge on any atom is -0.390 e. The van der Waals surface area contributed by atoms with E-state index in [9.17, 15) is 5.11 Å².